The first kappa shape index (κ1) is 23.8. The van der Waals surface area contributed by atoms with Crippen LogP contribution in [0.3, 0.4) is 0 Å². The van der Waals surface area contributed by atoms with E-state index in [0.717, 1.165) is 40.8 Å². The summed E-state index contributed by atoms with van der Waals surface area (Å²) >= 11 is 0. The predicted molar refractivity (Wildman–Crippen MR) is 129 cm³/mol. The molecule has 178 valence electrons. The number of carbonyl (C=O) groups is 1. The van der Waals surface area contributed by atoms with E-state index < -0.39 is 5.97 Å². The van der Waals surface area contributed by atoms with Crippen molar-refractivity contribution in [2.45, 2.75) is 44.8 Å². The third-order valence-corrected chi connectivity index (χ3v) is 6.57. The quantitative estimate of drug-likeness (QED) is 0.438. The molecule has 6 heteroatoms. The topological polar surface area (TPSA) is 67.8 Å². The first-order valence-electron chi connectivity index (χ1n) is 11.5. The molecule has 1 unspecified atom stereocenters. The predicted octanol–water partition coefficient (Wildman–Crippen LogP) is 5.86. The lowest BCUT2D eigenvalue weighted by molar-refractivity contribution is 0.0696. The third kappa shape index (κ3) is 5.07. The zero-order chi connectivity index (χ0) is 24.2. The highest BCUT2D eigenvalue weighted by molar-refractivity contribution is 5.89. The van der Waals surface area contributed by atoms with E-state index in [9.17, 15) is 14.3 Å². The Hall–Kier alpha value is -3.38. The van der Waals surface area contributed by atoms with Crippen molar-refractivity contribution in [3.63, 3.8) is 0 Å². The molecule has 1 aliphatic heterocycles. The van der Waals surface area contributed by atoms with Gasteiger partial charge in [0.05, 0.1) is 12.7 Å². The van der Waals surface area contributed by atoms with Crippen molar-refractivity contribution < 1.29 is 23.8 Å². The van der Waals surface area contributed by atoms with Gasteiger partial charge >= 0.3 is 5.97 Å². The SMILES string of the molecule is COc1cc(C(C)NCC[C@@H]2C[C@H](c3ccc(C)c(C(=O)O)c3)c3ccccc3O2)ccc1F. The van der Waals surface area contributed by atoms with Gasteiger partial charge in [0, 0.05) is 17.5 Å². The second kappa shape index (κ2) is 10.3. The molecule has 0 spiro atoms. The number of nitrogens with one attached hydrogen (secondary N) is 1. The molecule has 2 N–H and O–H groups in total. The number of halogens is 1. The summed E-state index contributed by atoms with van der Waals surface area (Å²) in [5.41, 5.74) is 4.11. The fourth-order valence-corrected chi connectivity index (χ4v) is 4.60. The Labute approximate surface area is 199 Å². The molecule has 0 bridgehead atoms. The smallest absolute Gasteiger partial charge is 0.335 e. The Bertz CT molecular complexity index is 1180. The number of ether oxygens (including phenoxy) is 2. The lowest BCUT2D eigenvalue weighted by Crippen LogP contribution is -2.31. The molecule has 0 saturated carbocycles. The van der Waals surface area contributed by atoms with Crippen molar-refractivity contribution in [2.75, 3.05) is 13.7 Å². The van der Waals surface area contributed by atoms with E-state index in [2.05, 4.69) is 11.4 Å². The molecule has 0 radical (unpaired) electrons. The summed E-state index contributed by atoms with van der Waals surface area (Å²) in [5.74, 6) is -0.141. The van der Waals surface area contributed by atoms with Gasteiger partial charge in [-0.15, -0.1) is 0 Å². The number of benzene rings is 3. The molecule has 3 aromatic carbocycles. The Balaban J connectivity index is 1.47. The van der Waals surface area contributed by atoms with Gasteiger partial charge < -0.3 is 19.9 Å². The van der Waals surface area contributed by atoms with Crippen molar-refractivity contribution in [1.29, 1.82) is 0 Å². The van der Waals surface area contributed by atoms with Crippen molar-refractivity contribution >= 4 is 5.97 Å². The van der Waals surface area contributed by atoms with Gasteiger partial charge in [-0.3, -0.25) is 0 Å². The molecule has 0 amide bonds. The summed E-state index contributed by atoms with van der Waals surface area (Å²) in [6.07, 6.45) is 1.53. The average molecular weight is 464 g/mol. The van der Waals surface area contributed by atoms with Crippen LogP contribution in [0.1, 0.15) is 64.3 Å². The van der Waals surface area contributed by atoms with Crippen LogP contribution in [-0.4, -0.2) is 30.8 Å². The summed E-state index contributed by atoms with van der Waals surface area (Å²) in [6, 6.07) is 18.6. The van der Waals surface area contributed by atoms with Crippen molar-refractivity contribution in [3.8, 4) is 11.5 Å². The summed E-state index contributed by atoms with van der Waals surface area (Å²) in [7, 11) is 1.46. The maximum atomic E-state index is 13.7. The molecule has 0 saturated heterocycles. The van der Waals surface area contributed by atoms with Gasteiger partial charge in [-0.1, -0.05) is 36.4 Å². The molecular weight excluding hydrogens is 433 g/mol. The van der Waals surface area contributed by atoms with Crippen LogP contribution in [0.25, 0.3) is 0 Å². The van der Waals surface area contributed by atoms with Gasteiger partial charge in [0.2, 0.25) is 0 Å². The lowest BCUT2D eigenvalue weighted by Gasteiger charge is -2.33. The first-order chi connectivity index (χ1) is 16.4. The van der Waals surface area contributed by atoms with E-state index in [1.807, 2.05) is 44.2 Å². The number of fused-ring (bicyclic) bond motifs is 1. The van der Waals surface area contributed by atoms with Crippen LogP contribution in [-0.2, 0) is 0 Å². The molecule has 0 fully saturated rings. The van der Waals surface area contributed by atoms with Crippen LogP contribution >= 0.6 is 0 Å². The molecule has 34 heavy (non-hydrogen) atoms. The molecule has 0 aromatic heterocycles. The number of hydrogen-bond acceptors (Lipinski definition) is 4. The van der Waals surface area contributed by atoms with Crippen LogP contribution in [0.2, 0.25) is 0 Å². The number of methoxy groups -OCH3 is 1. The molecule has 1 aliphatic rings. The van der Waals surface area contributed by atoms with E-state index in [0.29, 0.717) is 12.1 Å². The molecule has 1 heterocycles. The van der Waals surface area contributed by atoms with Gasteiger partial charge in [0.15, 0.2) is 11.6 Å². The van der Waals surface area contributed by atoms with Gasteiger partial charge in [-0.05, 0) is 74.2 Å². The molecule has 5 nitrogen and oxygen atoms in total. The minimum atomic E-state index is -0.910. The van der Waals surface area contributed by atoms with Crippen LogP contribution in [0.4, 0.5) is 4.39 Å². The third-order valence-electron chi connectivity index (χ3n) is 6.57. The highest BCUT2D eigenvalue weighted by Gasteiger charge is 2.29. The largest absolute Gasteiger partial charge is 0.494 e. The minimum Gasteiger partial charge on any atom is -0.494 e. The molecule has 3 atom stereocenters. The van der Waals surface area contributed by atoms with E-state index in [-0.39, 0.29) is 29.6 Å². The highest BCUT2D eigenvalue weighted by atomic mass is 19.1. The van der Waals surface area contributed by atoms with Crippen molar-refractivity contribution in [2.24, 2.45) is 0 Å². The number of hydrogen-bond donors (Lipinski definition) is 2. The van der Waals surface area contributed by atoms with E-state index in [4.69, 9.17) is 9.47 Å². The lowest BCUT2D eigenvalue weighted by atomic mass is 9.82. The number of aryl methyl sites for hydroxylation is 1. The number of para-hydroxylation sites is 1. The number of carboxylic acids is 1. The maximum absolute atomic E-state index is 13.7. The Morgan fingerprint density at radius 3 is 2.76 bits per heavy atom. The van der Waals surface area contributed by atoms with Crippen molar-refractivity contribution in [1.82, 2.24) is 5.32 Å². The monoisotopic (exact) mass is 463 g/mol. The first-order valence-corrected chi connectivity index (χ1v) is 11.5. The second-order valence-corrected chi connectivity index (χ2v) is 8.80. The summed E-state index contributed by atoms with van der Waals surface area (Å²) < 4.78 is 25.1. The van der Waals surface area contributed by atoms with Crippen molar-refractivity contribution in [3.05, 3.63) is 94.3 Å². The summed E-state index contributed by atoms with van der Waals surface area (Å²) in [6.45, 7) is 4.57. The Morgan fingerprint density at radius 2 is 2.00 bits per heavy atom. The number of aromatic carboxylic acids is 1. The highest BCUT2D eigenvalue weighted by Crippen LogP contribution is 2.41. The average Bonchev–Trinajstić information content (AvgIpc) is 2.84. The van der Waals surface area contributed by atoms with Gasteiger partial charge in [-0.2, -0.15) is 0 Å². The fraction of sp³-hybridized carbons (Fsp3) is 0.321. The van der Waals surface area contributed by atoms with Gasteiger partial charge in [0.25, 0.3) is 0 Å². The standard InChI is InChI=1S/C28H30FNO4/c1-17-8-9-20(14-23(17)28(31)32)24-16-21(34-26-7-5-4-6-22(24)26)12-13-30-18(2)19-10-11-25(29)27(15-19)33-3/h4-11,14-15,18,21,24,30H,12-13,16H2,1-3H3,(H,31,32)/t18?,21-,24-/m1/s1. The van der Waals surface area contributed by atoms with Crippen LogP contribution in [0, 0.1) is 12.7 Å². The molecule has 3 aromatic rings. The normalized spacial score (nSPS) is 18.0. The Kier molecular flexibility index (Phi) is 7.17. The summed E-state index contributed by atoms with van der Waals surface area (Å²) in [4.78, 5) is 11.7. The van der Waals surface area contributed by atoms with Gasteiger partial charge in [-0.25, -0.2) is 9.18 Å². The zero-order valence-corrected chi connectivity index (χ0v) is 19.7. The Morgan fingerprint density at radius 1 is 1.21 bits per heavy atom. The maximum Gasteiger partial charge on any atom is 0.335 e. The van der Waals surface area contributed by atoms with E-state index in [1.165, 1.54) is 13.2 Å². The minimum absolute atomic E-state index is 0.0167. The van der Waals surface area contributed by atoms with Crippen LogP contribution in [0.5, 0.6) is 11.5 Å². The fourth-order valence-electron chi connectivity index (χ4n) is 4.60. The molecule has 4 rings (SSSR count). The zero-order valence-electron chi connectivity index (χ0n) is 19.7. The molecule has 0 aliphatic carbocycles. The number of rotatable bonds is 8. The second-order valence-electron chi connectivity index (χ2n) is 8.80. The molecular formula is C28H30FNO4. The van der Waals surface area contributed by atoms with Crippen LogP contribution < -0.4 is 14.8 Å². The van der Waals surface area contributed by atoms with E-state index in [1.54, 1.807) is 18.2 Å². The van der Waals surface area contributed by atoms with Gasteiger partial charge in [0.1, 0.15) is 11.9 Å². The number of carboxylic acid groups (broad SMARTS) is 1. The summed E-state index contributed by atoms with van der Waals surface area (Å²) in [5, 5.41) is 13.1. The van der Waals surface area contributed by atoms with E-state index >= 15 is 0 Å². The van der Waals surface area contributed by atoms with Crippen LogP contribution in [0.15, 0.2) is 60.7 Å².